The van der Waals surface area contributed by atoms with Gasteiger partial charge in [0.15, 0.2) is 0 Å². The van der Waals surface area contributed by atoms with E-state index in [2.05, 4.69) is 12.2 Å². The van der Waals surface area contributed by atoms with E-state index < -0.39 is 0 Å². The lowest BCUT2D eigenvalue weighted by Crippen LogP contribution is -2.42. The third-order valence-electron chi connectivity index (χ3n) is 5.49. The first-order valence-corrected chi connectivity index (χ1v) is 10.0. The molecular formula is C23H30ClN3O2. The molecule has 3 rings (SSSR count). The molecule has 0 aliphatic carbocycles. The molecule has 1 aliphatic rings. The molecule has 0 saturated carbocycles. The molecule has 3 N–H and O–H groups in total. The summed E-state index contributed by atoms with van der Waals surface area (Å²) in [6.07, 6.45) is 4.27. The SMILES string of the molecule is Cc1cc(C(=O)N2CCCCC2C)ccc1NC(=O)CCc1ccccc1N.Cl. The molecule has 1 saturated heterocycles. The van der Waals surface area contributed by atoms with E-state index in [1.807, 2.05) is 54.3 Å². The van der Waals surface area contributed by atoms with Crippen LogP contribution < -0.4 is 11.1 Å². The number of carbonyl (C=O) groups excluding carboxylic acids is 2. The van der Waals surface area contributed by atoms with Crippen molar-refractivity contribution in [3.63, 3.8) is 0 Å². The number of hydrogen-bond donors (Lipinski definition) is 2. The molecule has 2 aromatic rings. The zero-order valence-corrected chi connectivity index (χ0v) is 17.9. The van der Waals surface area contributed by atoms with Crippen molar-refractivity contribution in [1.29, 1.82) is 0 Å². The third-order valence-corrected chi connectivity index (χ3v) is 5.49. The molecule has 1 fully saturated rings. The number of anilines is 2. The predicted octanol–water partition coefficient (Wildman–Crippen LogP) is 4.58. The lowest BCUT2D eigenvalue weighted by Gasteiger charge is -2.33. The van der Waals surface area contributed by atoms with Gasteiger partial charge < -0.3 is 16.0 Å². The number of carbonyl (C=O) groups is 2. The molecule has 2 aromatic carbocycles. The Morgan fingerprint density at radius 2 is 1.93 bits per heavy atom. The van der Waals surface area contributed by atoms with Crippen LogP contribution in [0.3, 0.4) is 0 Å². The number of nitrogens with zero attached hydrogens (tertiary/aromatic N) is 1. The second-order valence-electron chi connectivity index (χ2n) is 7.62. The normalized spacial score (nSPS) is 16.1. The fraction of sp³-hybridized carbons (Fsp3) is 0.391. The van der Waals surface area contributed by atoms with E-state index in [0.717, 1.165) is 36.2 Å². The molecule has 1 heterocycles. The molecule has 1 unspecified atom stereocenters. The number of para-hydroxylation sites is 1. The summed E-state index contributed by atoms with van der Waals surface area (Å²) in [4.78, 5) is 27.1. The van der Waals surface area contributed by atoms with Crippen LogP contribution in [0.1, 0.15) is 54.1 Å². The van der Waals surface area contributed by atoms with Gasteiger partial charge in [0.1, 0.15) is 0 Å². The Kier molecular flexibility index (Phi) is 8.09. The Morgan fingerprint density at radius 3 is 2.62 bits per heavy atom. The molecule has 29 heavy (non-hydrogen) atoms. The topological polar surface area (TPSA) is 75.4 Å². The minimum Gasteiger partial charge on any atom is -0.399 e. The van der Waals surface area contributed by atoms with E-state index in [9.17, 15) is 9.59 Å². The van der Waals surface area contributed by atoms with Crippen LogP contribution in [0.15, 0.2) is 42.5 Å². The van der Waals surface area contributed by atoms with Gasteiger partial charge in [0, 0.05) is 35.9 Å². The van der Waals surface area contributed by atoms with Gasteiger partial charge in [-0.05, 0) is 74.9 Å². The van der Waals surface area contributed by atoms with Crippen LogP contribution >= 0.6 is 12.4 Å². The summed E-state index contributed by atoms with van der Waals surface area (Å²) >= 11 is 0. The summed E-state index contributed by atoms with van der Waals surface area (Å²) in [5, 5.41) is 2.95. The van der Waals surface area contributed by atoms with Crippen LogP contribution in [-0.2, 0) is 11.2 Å². The number of nitrogen functional groups attached to an aromatic ring is 1. The first-order chi connectivity index (χ1) is 13.5. The van der Waals surface area contributed by atoms with Gasteiger partial charge in [-0.2, -0.15) is 0 Å². The molecule has 0 radical (unpaired) electrons. The van der Waals surface area contributed by atoms with E-state index in [1.165, 1.54) is 6.42 Å². The number of nitrogens with one attached hydrogen (secondary N) is 1. The maximum Gasteiger partial charge on any atom is 0.254 e. The molecule has 0 aromatic heterocycles. The number of likely N-dealkylation sites (tertiary alicyclic amines) is 1. The number of nitrogens with two attached hydrogens (primary N) is 1. The first kappa shape index (κ1) is 22.8. The zero-order valence-electron chi connectivity index (χ0n) is 17.1. The number of amides is 2. The molecule has 156 valence electrons. The largest absolute Gasteiger partial charge is 0.399 e. The van der Waals surface area contributed by atoms with E-state index in [0.29, 0.717) is 24.1 Å². The monoisotopic (exact) mass is 415 g/mol. The van der Waals surface area contributed by atoms with Gasteiger partial charge in [0.05, 0.1) is 0 Å². The predicted molar refractivity (Wildman–Crippen MR) is 121 cm³/mol. The van der Waals surface area contributed by atoms with Gasteiger partial charge >= 0.3 is 0 Å². The van der Waals surface area contributed by atoms with Crippen LogP contribution in [0.5, 0.6) is 0 Å². The molecule has 6 heteroatoms. The van der Waals surface area contributed by atoms with Gasteiger partial charge in [-0.15, -0.1) is 12.4 Å². The number of rotatable bonds is 5. The highest BCUT2D eigenvalue weighted by atomic mass is 35.5. The minimum atomic E-state index is -0.0601. The van der Waals surface area contributed by atoms with Crippen molar-refractivity contribution < 1.29 is 9.59 Å². The molecule has 0 bridgehead atoms. The van der Waals surface area contributed by atoms with Gasteiger partial charge in [0.25, 0.3) is 5.91 Å². The number of aryl methyl sites for hydroxylation is 2. The molecule has 5 nitrogen and oxygen atoms in total. The van der Waals surface area contributed by atoms with E-state index in [1.54, 1.807) is 0 Å². The Bertz CT molecular complexity index is 869. The average molecular weight is 416 g/mol. The first-order valence-electron chi connectivity index (χ1n) is 10.0. The van der Waals surface area contributed by atoms with Crippen LogP contribution in [0.2, 0.25) is 0 Å². The summed E-state index contributed by atoms with van der Waals surface area (Å²) in [6.45, 7) is 4.85. The van der Waals surface area contributed by atoms with E-state index in [4.69, 9.17) is 5.73 Å². The van der Waals surface area contributed by atoms with Gasteiger partial charge in [-0.25, -0.2) is 0 Å². The van der Waals surface area contributed by atoms with Crippen molar-refractivity contribution in [1.82, 2.24) is 4.90 Å². The Labute approximate surface area is 179 Å². The minimum absolute atomic E-state index is 0. The molecular weight excluding hydrogens is 386 g/mol. The fourth-order valence-corrected chi connectivity index (χ4v) is 3.73. The second-order valence-corrected chi connectivity index (χ2v) is 7.62. The molecule has 1 atom stereocenters. The highest BCUT2D eigenvalue weighted by Gasteiger charge is 2.24. The van der Waals surface area contributed by atoms with E-state index in [-0.39, 0.29) is 30.3 Å². The van der Waals surface area contributed by atoms with Crippen molar-refractivity contribution in [3.05, 3.63) is 59.2 Å². The van der Waals surface area contributed by atoms with Crippen molar-refractivity contribution in [3.8, 4) is 0 Å². The van der Waals surface area contributed by atoms with Crippen LogP contribution in [-0.4, -0.2) is 29.3 Å². The Morgan fingerprint density at radius 1 is 1.17 bits per heavy atom. The fourth-order valence-electron chi connectivity index (χ4n) is 3.73. The second kappa shape index (κ2) is 10.3. The van der Waals surface area contributed by atoms with Crippen molar-refractivity contribution in [2.24, 2.45) is 0 Å². The Hall–Kier alpha value is -2.53. The van der Waals surface area contributed by atoms with Crippen LogP contribution in [0.25, 0.3) is 0 Å². The molecule has 0 spiro atoms. The lowest BCUT2D eigenvalue weighted by molar-refractivity contribution is -0.116. The molecule has 1 aliphatic heterocycles. The third kappa shape index (κ3) is 5.73. The smallest absolute Gasteiger partial charge is 0.254 e. The lowest BCUT2D eigenvalue weighted by atomic mass is 10.0. The van der Waals surface area contributed by atoms with Gasteiger partial charge in [0.2, 0.25) is 5.91 Å². The van der Waals surface area contributed by atoms with Crippen molar-refractivity contribution in [2.75, 3.05) is 17.6 Å². The van der Waals surface area contributed by atoms with Crippen LogP contribution in [0, 0.1) is 6.92 Å². The number of benzene rings is 2. The molecule has 2 amide bonds. The zero-order chi connectivity index (χ0) is 20.1. The Balaban J connectivity index is 0.00000300. The maximum absolute atomic E-state index is 12.8. The number of hydrogen-bond acceptors (Lipinski definition) is 3. The summed E-state index contributed by atoms with van der Waals surface area (Å²) < 4.78 is 0. The van der Waals surface area contributed by atoms with Gasteiger partial charge in [-0.1, -0.05) is 18.2 Å². The summed E-state index contributed by atoms with van der Waals surface area (Å²) in [5.41, 5.74) is 9.94. The summed E-state index contributed by atoms with van der Waals surface area (Å²) in [6, 6.07) is 13.4. The number of piperidine rings is 1. The maximum atomic E-state index is 12.8. The van der Waals surface area contributed by atoms with Crippen molar-refractivity contribution in [2.45, 2.75) is 52.0 Å². The highest BCUT2D eigenvalue weighted by Crippen LogP contribution is 2.22. The van der Waals surface area contributed by atoms with E-state index >= 15 is 0 Å². The average Bonchev–Trinajstić information content (AvgIpc) is 2.69. The highest BCUT2D eigenvalue weighted by molar-refractivity contribution is 5.96. The number of halogens is 1. The standard InChI is InChI=1S/C23H29N3O2.ClH/c1-16-15-19(23(28)26-14-6-5-7-17(26)2)10-12-21(16)25-22(27)13-11-18-8-3-4-9-20(18)24;/h3-4,8-10,12,15,17H,5-7,11,13-14,24H2,1-2H3,(H,25,27);1H. The van der Waals surface area contributed by atoms with Gasteiger partial charge in [-0.3, -0.25) is 9.59 Å². The summed E-state index contributed by atoms with van der Waals surface area (Å²) in [5.74, 6) is 0.0165. The van der Waals surface area contributed by atoms with Crippen molar-refractivity contribution >= 4 is 35.6 Å². The quantitative estimate of drug-likeness (QED) is 0.701. The van der Waals surface area contributed by atoms with Crippen LogP contribution in [0.4, 0.5) is 11.4 Å². The summed E-state index contributed by atoms with van der Waals surface area (Å²) in [7, 11) is 0.